The van der Waals surface area contributed by atoms with Gasteiger partial charge in [-0.25, -0.2) is 4.99 Å². The quantitative estimate of drug-likeness (QED) is 0.244. The number of aliphatic imine (C=N–C) groups is 1. The van der Waals surface area contributed by atoms with Gasteiger partial charge in [-0.1, -0.05) is 72.3 Å². The molecule has 0 atom stereocenters. The normalized spacial score (nSPS) is 18.1. The van der Waals surface area contributed by atoms with Gasteiger partial charge in [0.05, 0.1) is 17.2 Å². The second-order valence-corrected chi connectivity index (χ2v) is 11.8. The van der Waals surface area contributed by atoms with Gasteiger partial charge in [0.25, 0.3) is 5.91 Å². The highest BCUT2D eigenvalue weighted by atomic mass is 35.5. The van der Waals surface area contributed by atoms with Crippen LogP contribution in [0.5, 0.6) is 11.5 Å². The number of rotatable bonds is 8. The van der Waals surface area contributed by atoms with Gasteiger partial charge in [-0.15, -0.1) is 0 Å². The number of amides is 1. The van der Waals surface area contributed by atoms with Crippen LogP contribution in [0.3, 0.4) is 0 Å². The first-order chi connectivity index (χ1) is 19.4. The van der Waals surface area contributed by atoms with Crippen LogP contribution < -0.4 is 9.47 Å². The molecule has 40 heavy (non-hydrogen) atoms. The third kappa shape index (κ3) is 6.85. The second kappa shape index (κ2) is 13.2. The van der Waals surface area contributed by atoms with Crippen molar-refractivity contribution in [2.75, 3.05) is 6.61 Å². The van der Waals surface area contributed by atoms with Crippen LogP contribution in [-0.4, -0.2) is 28.6 Å². The minimum absolute atomic E-state index is 0.0124. The molecule has 1 saturated carbocycles. The SMILES string of the molecule is CCOc1cc(/C=C2/SC(=Nc3ccc(C)cc3)N(C3CCCCC3)C2=O)ccc1OCc1ccc(Cl)cc1Cl. The van der Waals surface area contributed by atoms with Gasteiger partial charge in [0.2, 0.25) is 0 Å². The molecule has 0 spiro atoms. The Kier molecular flexibility index (Phi) is 9.40. The zero-order valence-corrected chi connectivity index (χ0v) is 25.0. The molecule has 1 saturated heterocycles. The number of aryl methyl sites for hydroxylation is 1. The van der Waals surface area contributed by atoms with Crippen LogP contribution in [0.2, 0.25) is 10.0 Å². The molecular formula is C32H32Cl2N2O3S. The number of hydrogen-bond acceptors (Lipinski definition) is 5. The number of carbonyl (C=O) groups is 1. The molecule has 3 aromatic rings. The fourth-order valence-electron chi connectivity index (χ4n) is 4.90. The van der Waals surface area contributed by atoms with E-state index in [0.717, 1.165) is 47.7 Å². The molecule has 0 unspecified atom stereocenters. The first kappa shape index (κ1) is 28.6. The summed E-state index contributed by atoms with van der Waals surface area (Å²) in [4.78, 5) is 21.2. The summed E-state index contributed by atoms with van der Waals surface area (Å²) in [5.74, 6) is 1.22. The van der Waals surface area contributed by atoms with Crippen LogP contribution in [0.25, 0.3) is 6.08 Å². The van der Waals surface area contributed by atoms with Gasteiger partial charge in [-0.3, -0.25) is 9.69 Å². The Bertz CT molecular complexity index is 1430. The van der Waals surface area contributed by atoms with Crippen molar-refractivity contribution in [2.45, 2.75) is 58.6 Å². The monoisotopic (exact) mass is 594 g/mol. The smallest absolute Gasteiger partial charge is 0.267 e. The second-order valence-electron chi connectivity index (χ2n) is 9.97. The number of ether oxygens (including phenoxy) is 2. The summed E-state index contributed by atoms with van der Waals surface area (Å²) in [6.07, 6.45) is 7.42. The summed E-state index contributed by atoms with van der Waals surface area (Å²) in [6.45, 7) is 4.74. The van der Waals surface area contributed by atoms with Gasteiger partial charge in [-0.2, -0.15) is 0 Å². The van der Waals surface area contributed by atoms with E-state index >= 15 is 0 Å². The summed E-state index contributed by atoms with van der Waals surface area (Å²) in [5.41, 5.74) is 3.72. The maximum absolute atomic E-state index is 13.7. The number of benzene rings is 3. The molecule has 8 heteroatoms. The van der Waals surface area contributed by atoms with Crippen molar-refractivity contribution >= 4 is 57.8 Å². The first-order valence-corrected chi connectivity index (χ1v) is 15.2. The molecule has 0 radical (unpaired) electrons. The summed E-state index contributed by atoms with van der Waals surface area (Å²) in [5, 5.41) is 1.88. The van der Waals surface area contributed by atoms with Gasteiger partial charge < -0.3 is 9.47 Å². The molecule has 2 aliphatic rings. The molecule has 1 aliphatic heterocycles. The Labute approximate surface area is 250 Å². The lowest BCUT2D eigenvalue weighted by Crippen LogP contribution is -2.40. The van der Waals surface area contributed by atoms with Crippen molar-refractivity contribution < 1.29 is 14.3 Å². The lowest BCUT2D eigenvalue weighted by Gasteiger charge is -2.30. The van der Waals surface area contributed by atoms with Crippen LogP contribution in [0.4, 0.5) is 5.69 Å². The van der Waals surface area contributed by atoms with Gasteiger partial charge >= 0.3 is 0 Å². The minimum atomic E-state index is 0.0124. The largest absolute Gasteiger partial charge is 0.490 e. The molecule has 2 fully saturated rings. The molecule has 208 valence electrons. The predicted octanol–water partition coefficient (Wildman–Crippen LogP) is 9.22. The molecule has 5 rings (SSSR count). The van der Waals surface area contributed by atoms with E-state index in [1.807, 2.05) is 66.4 Å². The number of carbonyl (C=O) groups excluding carboxylic acids is 1. The molecule has 1 amide bonds. The maximum Gasteiger partial charge on any atom is 0.267 e. The van der Waals surface area contributed by atoms with E-state index in [4.69, 9.17) is 37.7 Å². The summed E-state index contributed by atoms with van der Waals surface area (Å²) < 4.78 is 12.0. The summed E-state index contributed by atoms with van der Waals surface area (Å²) in [6, 6.07) is 19.3. The molecule has 3 aromatic carbocycles. The van der Waals surface area contributed by atoms with Crippen molar-refractivity contribution in [3.63, 3.8) is 0 Å². The Balaban J connectivity index is 1.41. The fraction of sp³-hybridized carbons (Fsp3) is 0.312. The average molecular weight is 596 g/mol. The van der Waals surface area contributed by atoms with Crippen molar-refractivity contribution in [1.29, 1.82) is 0 Å². The average Bonchev–Trinajstić information content (AvgIpc) is 3.25. The van der Waals surface area contributed by atoms with Crippen molar-refractivity contribution in [2.24, 2.45) is 4.99 Å². The van der Waals surface area contributed by atoms with E-state index < -0.39 is 0 Å². The fourth-order valence-corrected chi connectivity index (χ4v) is 6.43. The lowest BCUT2D eigenvalue weighted by molar-refractivity contribution is -0.124. The highest BCUT2D eigenvalue weighted by Crippen LogP contribution is 2.39. The van der Waals surface area contributed by atoms with Gasteiger partial charge in [0.15, 0.2) is 16.7 Å². The Morgan fingerprint density at radius 2 is 1.75 bits per heavy atom. The summed E-state index contributed by atoms with van der Waals surface area (Å²) in [7, 11) is 0. The number of amidine groups is 1. The lowest BCUT2D eigenvalue weighted by atomic mass is 9.94. The zero-order chi connectivity index (χ0) is 28.1. The van der Waals surface area contributed by atoms with E-state index in [-0.39, 0.29) is 18.6 Å². The number of hydrogen-bond donors (Lipinski definition) is 0. The number of halogens is 2. The van der Waals surface area contributed by atoms with E-state index in [2.05, 4.69) is 6.92 Å². The van der Waals surface area contributed by atoms with Crippen molar-refractivity contribution in [3.8, 4) is 11.5 Å². The van der Waals surface area contributed by atoms with Crippen LogP contribution >= 0.6 is 35.0 Å². The van der Waals surface area contributed by atoms with Gasteiger partial charge in [0.1, 0.15) is 6.61 Å². The highest BCUT2D eigenvalue weighted by Gasteiger charge is 2.38. The highest BCUT2D eigenvalue weighted by molar-refractivity contribution is 8.18. The molecule has 0 N–H and O–H groups in total. The molecule has 0 bridgehead atoms. The topological polar surface area (TPSA) is 51.1 Å². The standard InChI is InChI=1S/C32H32Cl2N2O3S/c1-3-38-29-17-22(11-16-28(29)39-20-23-12-13-24(33)19-27(23)34)18-30-31(37)36(26-7-5-4-6-8-26)32(40-30)35-25-14-9-21(2)10-15-25/h9-19,26H,3-8,20H2,1-2H3/b30-18+,35-32?. The van der Waals surface area contributed by atoms with Gasteiger partial charge in [-0.05, 0) is 86.5 Å². The Hall–Kier alpha value is -2.93. The first-order valence-electron chi connectivity index (χ1n) is 13.6. The molecular weight excluding hydrogens is 563 g/mol. The summed E-state index contributed by atoms with van der Waals surface area (Å²) >= 11 is 13.8. The Morgan fingerprint density at radius 1 is 0.975 bits per heavy atom. The van der Waals surface area contributed by atoms with E-state index in [1.54, 1.807) is 12.1 Å². The number of nitrogens with zero attached hydrogens (tertiary/aromatic N) is 2. The van der Waals surface area contributed by atoms with E-state index in [1.165, 1.54) is 23.7 Å². The molecule has 0 aromatic heterocycles. The maximum atomic E-state index is 13.7. The molecule has 1 heterocycles. The molecule has 1 aliphatic carbocycles. The zero-order valence-electron chi connectivity index (χ0n) is 22.7. The van der Waals surface area contributed by atoms with E-state index in [9.17, 15) is 4.79 Å². The van der Waals surface area contributed by atoms with Gasteiger partial charge in [0, 0.05) is 21.7 Å². The third-order valence-electron chi connectivity index (χ3n) is 7.00. The van der Waals surface area contributed by atoms with Crippen LogP contribution in [0, 0.1) is 6.92 Å². The van der Waals surface area contributed by atoms with Crippen LogP contribution in [0.1, 0.15) is 55.7 Å². The predicted molar refractivity (Wildman–Crippen MR) is 166 cm³/mol. The molecule has 5 nitrogen and oxygen atoms in total. The van der Waals surface area contributed by atoms with Crippen molar-refractivity contribution in [3.05, 3.63) is 92.3 Å². The third-order valence-corrected chi connectivity index (χ3v) is 8.57. The Morgan fingerprint density at radius 3 is 2.48 bits per heavy atom. The van der Waals surface area contributed by atoms with Crippen molar-refractivity contribution in [1.82, 2.24) is 4.90 Å². The van der Waals surface area contributed by atoms with Crippen LogP contribution in [-0.2, 0) is 11.4 Å². The number of thioether (sulfide) groups is 1. The van der Waals surface area contributed by atoms with Crippen LogP contribution in [0.15, 0.2) is 70.6 Å². The van der Waals surface area contributed by atoms with E-state index in [0.29, 0.717) is 33.1 Å². The minimum Gasteiger partial charge on any atom is -0.490 e.